The molecular weight excluding hydrogens is 434 g/mol. The summed E-state index contributed by atoms with van der Waals surface area (Å²) >= 11 is 0. The van der Waals surface area contributed by atoms with Crippen LogP contribution >= 0.6 is 0 Å². The lowest BCUT2D eigenvalue weighted by molar-refractivity contribution is -0.384. The average molecular weight is 455 g/mol. The number of carbonyl (C=O) groups is 2. The number of nitro groups is 1. The number of benzene rings is 2. The first-order chi connectivity index (χ1) is 15.3. The molecule has 2 aliphatic rings. The Morgan fingerprint density at radius 2 is 1.41 bits per heavy atom. The first-order valence-corrected chi connectivity index (χ1v) is 11.7. The van der Waals surface area contributed by atoms with Gasteiger partial charge in [0.1, 0.15) is 5.70 Å². The number of fused-ring (bicyclic) bond motifs is 1. The van der Waals surface area contributed by atoms with Crippen molar-refractivity contribution in [3.8, 4) is 0 Å². The minimum atomic E-state index is -4.46. The van der Waals surface area contributed by atoms with E-state index in [1.807, 2.05) is 0 Å². The molecule has 1 aliphatic heterocycles. The lowest BCUT2D eigenvalue weighted by Gasteiger charge is -2.30. The van der Waals surface area contributed by atoms with Gasteiger partial charge in [0.05, 0.1) is 4.92 Å². The molecule has 10 heteroatoms. The molecule has 1 aliphatic carbocycles. The van der Waals surface area contributed by atoms with Crippen LogP contribution in [0.2, 0.25) is 0 Å². The second-order valence-electron chi connectivity index (χ2n) is 7.69. The summed E-state index contributed by atoms with van der Waals surface area (Å²) in [5.41, 5.74) is -0.0242. The van der Waals surface area contributed by atoms with Gasteiger partial charge in [-0.3, -0.25) is 24.4 Å². The van der Waals surface area contributed by atoms with Crippen molar-refractivity contribution in [2.45, 2.75) is 25.7 Å². The monoisotopic (exact) mass is 455 g/mol. The normalized spacial score (nSPS) is 17.1. The standard InChI is InChI=1S/C22H21N3O6S/c26-20-17-7-3-4-8-18(17)21(27)22(19(20)24-13-5-1-2-6-14-24)32(30,31)23-15-9-11-16(12-10-15)25(28)29/h3-4,7-12,23H,1-2,5-6,13-14H2. The van der Waals surface area contributed by atoms with Crippen LogP contribution in [0.5, 0.6) is 0 Å². The smallest absolute Gasteiger partial charge is 0.269 e. The summed E-state index contributed by atoms with van der Waals surface area (Å²) in [5, 5.41) is 10.9. The number of Topliss-reactive ketones (excluding diaryl/α,β-unsaturated/α-hetero) is 2. The fraction of sp³-hybridized carbons (Fsp3) is 0.273. The van der Waals surface area contributed by atoms with Crippen LogP contribution < -0.4 is 4.72 Å². The van der Waals surface area contributed by atoms with E-state index in [1.54, 1.807) is 17.0 Å². The van der Waals surface area contributed by atoms with Crippen molar-refractivity contribution in [3.05, 3.63) is 80.4 Å². The molecule has 1 fully saturated rings. The number of hydrogen-bond acceptors (Lipinski definition) is 7. The van der Waals surface area contributed by atoms with E-state index in [0.29, 0.717) is 13.1 Å². The molecule has 1 N–H and O–H groups in total. The van der Waals surface area contributed by atoms with Gasteiger partial charge >= 0.3 is 0 Å². The number of non-ortho nitro benzene ring substituents is 1. The van der Waals surface area contributed by atoms with Crippen LogP contribution in [-0.4, -0.2) is 42.9 Å². The number of sulfonamides is 1. The van der Waals surface area contributed by atoms with E-state index < -0.39 is 31.4 Å². The molecule has 2 aromatic rings. The highest BCUT2D eigenvalue weighted by Crippen LogP contribution is 2.33. The highest BCUT2D eigenvalue weighted by atomic mass is 32.2. The van der Waals surface area contributed by atoms with Crippen LogP contribution in [0.4, 0.5) is 11.4 Å². The van der Waals surface area contributed by atoms with Crippen molar-refractivity contribution in [1.82, 2.24) is 4.90 Å². The number of nitrogens with zero attached hydrogens (tertiary/aromatic N) is 2. The Bertz CT molecular complexity index is 1230. The van der Waals surface area contributed by atoms with Gasteiger partial charge in [-0.1, -0.05) is 37.1 Å². The maximum absolute atomic E-state index is 13.4. The zero-order valence-electron chi connectivity index (χ0n) is 17.1. The first-order valence-electron chi connectivity index (χ1n) is 10.2. The summed E-state index contributed by atoms with van der Waals surface area (Å²) in [6.45, 7) is 0.958. The van der Waals surface area contributed by atoms with E-state index in [2.05, 4.69) is 4.72 Å². The van der Waals surface area contributed by atoms with Crippen LogP contribution in [0, 0.1) is 10.1 Å². The van der Waals surface area contributed by atoms with Gasteiger partial charge in [-0.15, -0.1) is 0 Å². The molecule has 0 aromatic heterocycles. The van der Waals surface area contributed by atoms with E-state index in [-0.39, 0.29) is 28.2 Å². The fourth-order valence-electron chi connectivity index (χ4n) is 4.03. The van der Waals surface area contributed by atoms with Crippen molar-refractivity contribution in [2.75, 3.05) is 17.8 Å². The highest BCUT2D eigenvalue weighted by Gasteiger charge is 2.41. The van der Waals surface area contributed by atoms with Gasteiger partial charge in [0, 0.05) is 42.0 Å². The van der Waals surface area contributed by atoms with Crippen LogP contribution in [0.25, 0.3) is 0 Å². The second-order valence-corrected chi connectivity index (χ2v) is 9.31. The maximum Gasteiger partial charge on any atom is 0.269 e. The van der Waals surface area contributed by atoms with E-state index in [0.717, 1.165) is 37.8 Å². The zero-order valence-corrected chi connectivity index (χ0v) is 17.9. The topological polar surface area (TPSA) is 127 Å². The van der Waals surface area contributed by atoms with Crippen molar-refractivity contribution in [3.63, 3.8) is 0 Å². The van der Waals surface area contributed by atoms with Gasteiger partial charge in [-0.05, 0) is 25.0 Å². The molecule has 166 valence electrons. The SMILES string of the molecule is O=C1C(N2CCCCCC2)=C(S(=O)(=O)Nc2ccc([N+](=O)[O-])cc2)C(=O)c2ccccc21. The number of allylic oxidation sites excluding steroid dienone is 2. The third kappa shape index (κ3) is 4.01. The lowest BCUT2D eigenvalue weighted by atomic mass is 9.91. The molecule has 0 radical (unpaired) electrons. The third-order valence-corrected chi connectivity index (χ3v) is 6.99. The van der Waals surface area contributed by atoms with Crippen molar-refractivity contribution < 1.29 is 22.9 Å². The summed E-state index contributed by atoms with van der Waals surface area (Å²) in [6, 6.07) is 11.0. The Balaban J connectivity index is 1.82. The van der Waals surface area contributed by atoms with E-state index in [1.165, 1.54) is 24.3 Å². The highest BCUT2D eigenvalue weighted by molar-refractivity contribution is 7.97. The summed E-state index contributed by atoms with van der Waals surface area (Å²) in [6.07, 6.45) is 3.50. The lowest BCUT2D eigenvalue weighted by Crippen LogP contribution is -2.38. The van der Waals surface area contributed by atoms with Gasteiger partial charge in [-0.25, -0.2) is 8.42 Å². The Morgan fingerprint density at radius 3 is 1.97 bits per heavy atom. The quantitative estimate of drug-likeness (QED) is 0.540. The number of rotatable bonds is 5. The van der Waals surface area contributed by atoms with Crippen LogP contribution in [0.3, 0.4) is 0 Å². The third-order valence-electron chi connectivity index (χ3n) is 5.57. The zero-order chi connectivity index (χ0) is 22.9. The number of nitro benzene ring substituents is 1. The molecule has 32 heavy (non-hydrogen) atoms. The minimum Gasteiger partial charge on any atom is -0.367 e. The molecule has 9 nitrogen and oxygen atoms in total. The van der Waals surface area contributed by atoms with Gasteiger partial charge in [-0.2, -0.15) is 0 Å². The van der Waals surface area contributed by atoms with Crippen molar-refractivity contribution in [1.29, 1.82) is 0 Å². The molecule has 0 amide bonds. The average Bonchev–Trinajstić information content (AvgIpc) is 3.05. The number of likely N-dealkylation sites (tertiary alicyclic amines) is 1. The van der Waals surface area contributed by atoms with Crippen LogP contribution in [0.1, 0.15) is 46.4 Å². The minimum absolute atomic E-state index is 0.0418. The molecule has 0 spiro atoms. The summed E-state index contributed by atoms with van der Waals surface area (Å²) < 4.78 is 29.1. The van der Waals surface area contributed by atoms with Crippen molar-refractivity contribution >= 4 is 33.0 Å². The molecular formula is C22H21N3O6S. The molecule has 0 bridgehead atoms. The Hall–Kier alpha value is -3.53. The molecule has 1 heterocycles. The number of carbonyl (C=O) groups excluding carboxylic acids is 2. The molecule has 2 aromatic carbocycles. The van der Waals surface area contributed by atoms with Crippen molar-refractivity contribution in [2.24, 2.45) is 0 Å². The number of hydrogen-bond donors (Lipinski definition) is 1. The maximum atomic E-state index is 13.4. The van der Waals surface area contributed by atoms with E-state index in [9.17, 15) is 28.1 Å². The molecule has 0 saturated carbocycles. The van der Waals surface area contributed by atoms with Crippen LogP contribution in [0.15, 0.2) is 59.1 Å². The van der Waals surface area contributed by atoms with Gasteiger partial charge in [0.2, 0.25) is 11.6 Å². The summed E-state index contributed by atoms with van der Waals surface area (Å²) in [4.78, 5) is 38.1. The fourth-order valence-corrected chi connectivity index (χ4v) is 5.41. The molecule has 0 atom stereocenters. The van der Waals surface area contributed by atoms with Gasteiger partial charge < -0.3 is 4.90 Å². The Kier molecular flexibility index (Phi) is 5.79. The Labute approximate surface area is 184 Å². The second kappa shape index (κ2) is 8.54. The largest absolute Gasteiger partial charge is 0.367 e. The summed E-state index contributed by atoms with van der Waals surface area (Å²) in [5.74, 6) is -1.24. The predicted molar refractivity (Wildman–Crippen MR) is 118 cm³/mol. The number of anilines is 1. The number of ketones is 2. The number of nitrogens with one attached hydrogen (secondary N) is 1. The molecule has 0 unspecified atom stereocenters. The van der Waals surface area contributed by atoms with Gasteiger partial charge in [0.25, 0.3) is 15.7 Å². The van der Waals surface area contributed by atoms with E-state index >= 15 is 0 Å². The molecule has 4 rings (SSSR count). The summed E-state index contributed by atoms with van der Waals surface area (Å²) in [7, 11) is -4.46. The van der Waals surface area contributed by atoms with Gasteiger partial charge in [0.15, 0.2) is 4.91 Å². The van der Waals surface area contributed by atoms with E-state index in [4.69, 9.17) is 0 Å². The predicted octanol–water partition coefficient (Wildman–Crippen LogP) is 3.50. The first kappa shape index (κ1) is 21.7. The van der Waals surface area contributed by atoms with Crippen LogP contribution in [-0.2, 0) is 10.0 Å². The Morgan fingerprint density at radius 1 is 0.844 bits per heavy atom. The molecule has 1 saturated heterocycles.